The Hall–Kier alpha value is -1.58. The number of nitrogens with one attached hydrogen (secondary N) is 1. The molecule has 19 heavy (non-hydrogen) atoms. The Morgan fingerprint density at radius 3 is 2.68 bits per heavy atom. The first-order valence-corrected chi connectivity index (χ1v) is 6.46. The fourth-order valence-electron chi connectivity index (χ4n) is 2.18. The van der Waals surface area contributed by atoms with Gasteiger partial charge in [-0.15, -0.1) is 0 Å². The van der Waals surface area contributed by atoms with Crippen LogP contribution in [0.2, 0.25) is 5.02 Å². The van der Waals surface area contributed by atoms with E-state index in [0.717, 1.165) is 16.9 Å². The molecule has 1 N–H and O–H groups in total. The molecule has 0 radical (unpaired) electrons. The average Bonchev–Trinajstić information content (AvgIpc) is 2.43. The number of nitrogens with zero attached hydrogens (tertiary/aromatic N) is 1. The molecular weight excluding hydrogens is 260 g/mol. The molecule has 1 aromatic heterocycles. The Labute approximate surface area is 118 Å². The molecule has 1 heterocycles. The number of hydrogen-bond acceptors (Lipinski definition) is 3. The van der Waals surface area contributed by atoms with Gasteiger partial charge in [-0.05, 0) is 43.3 Å². The maximum absolute atomic E-state index is 6.01. The summed E-state index contributed by atoms with van der Waals surface area (Å²) in [7, 11) is 3.57. The summed E-state index contributed by atoms with van der Waals surface area (Å²) in [6, 6.07) is 7.71. The lowest BCUT2D eigenvalue weighted by Crippen LogP contribution is -2.19. The molecule has 0 saturated carbocycles. The molecule has 0 bridgehead atoms. The number of pyridine rings is 1. The van der Waals surface area contributed by atoms with E-state index in [9.17, 15) is 0 Å². The molecule has 0 fully saturated rings. The minimum atomic E-state index is 0.0286. The van der Waals surface area contributed by atoms with Gasteiger partial charge in [-0.2, -0.15) is 0 Å². The van der Waals surface area contributed by atoms with E-state index in [1.54, 1.807) is 13.3 Å². The van der Waals surface area contributed by atoms with Crippen LogP contribution in [-0.4, -0.2) is 19.1 Å². The van der Waals surface area contributed by atoms with Crippen LogP contribution >= 0.6 is 11.6 Å². The Morgan fingerprint density at radius 1 is 1.26 bits per heavy atom. The Kier molecular flexibility index (Phi) is 4.40. The van der Waals surface area contributed by atoms with Crippen LogP contribution in [-0.2, 0) is 0 Å². The first-order chi connectivity index (χ1) is 9.17. The zero-order valence-electron chi connectivity index (χ0n) is 11.3. The highest BCUT2D eigenvalue weighted by molar-refractivity contribution is 6.30. The summed E-state index contributed by atoms with van der Waals surface area (Å²) in [5.41, 5.74) is 3.36. The highest BCUT2D eigenvalue weighted by atomic mass is 35.5. The molecular formula is C15H17ClN2O. The van der Waals surface area contributed by atoms with Gasteiger partial charge in [0, 0.05) is 23.0 Å². The number of ether oxygens (including phenoxy) is 1. The van der Waals surface area contributed by atoms with Crippen molar-refractivity contribution in [3.63, 3.8) is 0 Å². The van der Waals surface area contributed by atoms with Crippen molar-refractivity contribution in [3.05, 3.63) is 58.4 Å². The summed E-state index contributed by atoms with van der Waals surface area (Å²) in [6.45, 7) is 2.07. The molecule has 0 amide bonds. The van der Waals surface area contributed by atoms with Gasteiger partial charge in [0.1, 0.15) is 5.75 Å². The van der Waals surface area contributed by atoms with Gasteiger partial charge in [0.2, 0.25) is 0 Å². The van der Waals surface area contributed by atoms with E-state index in [-0.39, 0.29) is 6.04 Å². The van der Waals surface area contributed by atoms with E-state index in [1.807, 2.05) is 37.5 Å². The van der Waals surface area contributed by atoms with Crippen molar-refractivity contribution < 1.29 is 4.74 Å². The molecule has 2 rings (SSSR count). The van der Waals surface area contributed by atoms with E-state index in [4.69, 9.17) is 16.3 Å². The lowest BCUT2D eigenvalue weighted by molar-refractivity contribution is 0.405. The van der Waals surface area contributed by atoms with Gasteiger partial charge in [-0.25, -0.2) is 0 Å². The molecule has 2 aromatic rings. The SMILES string of the molecule is CNC(c1cnccc1C)c1ccc(Cl)cc1OC. The van der Waals surface area contributed by atoms with Crippen LogP contribution in [0.15, 0.2) is 36.7 Å². The third kappa shape index (κ3) is 2.88. The topological polar surface area (TPSA) is 34.2 Å². The fourth-order valence-corrected chi connectivity index (χ4v) is 2.34. The first kappa shape index (κ1) is 13.8. The van der Waals surface area contributed by atoms with Crippen LogP contribution in [0, 0.1) is 6.92 Å². The minimum absolute atomic E-state index is 0.0286. The van der Waals surface area contributed by atoms with Gasteiger partial charge in [-0.3, -0.25) is 4.98 Å². The molecule has 1 aromatic carbocycles. The zero-order valence-corrected chi connectivity index (χ0v) is 12.0. The highest BCUT2D eigenvalue weighted by Gasteiger charge is 2.18. The number of benzene rings is 1. The predicted octanol–water partition coefficient (Wildman–Crippen LogP) is 3.36. The van der Waals surface area contributed by atoms with Gasteiger partial charge < -0.3 is 10.1 Å². The average molecular weight is 277 g/mol. The Balaban J connectivity index is 2.51. The molecule has 100 valence electrons. The Bertz CT molecular complexity index is 572. The van der Waals surface area contributed by atoms with Crippen LogP contribution in [0.5, 0.6) is 5.75 Å². The number of aromatic nitrogens is 1. The molecule has 0 aliphatic rings. The summed E-state index contributed by atoms with van der Waals surface area (Å²) < 4.78 is 5.43. The summed E-state index contributed by atoms with van der Waals surface area (Å²) in [5.74, 6) is 0.773. The number of methoxy groups -OCH3 is 1. The zero-order chi connectivity index (χ0) is 13.8. The third-order valence-corrected chi connectivity index (χ3v) is 3.42. The van der Waals surface area contributed by atoms with Crippen LogP contribution in [0.3, 0.4) is 0 Å². The number of halogens is 1. The third-order valence-electron chi connectivity index (χ3n) is 3.19. The second-order valence-electron chi connectivity index (χ2n) is 4.34. The van der Waals surface area contributed by atoms with Gasteiger partial charge in [-0.1, -0.05) is 17.7 Å². The number of aryl methyl sites for hydroxylation is 1. The molecule has 1 unspecified atom stereocenters. The molecule has 3 nitrogen and oxygen atoms in total. The monoisotopic (exact) mass is 276 g/mol. The summed E-state index contributed by atoms with van der Waals surface area (Å²) >= 11 is 6.01. The van der Waals surface area contributed by atoms with Crippen molar-refractivity contribution in [1.82, 2.24) is 10.3 Å². The minimum Gasteiger partial charge on any atom is -0.496 e. The predicted molar refractivity (Wildman–Crippen MR) is 77.9 cm³/mol. The molecule has 0 aliphatic heterocycles. The van der Waals surface area contributed by atoms with Crippen molar-refractivity contribution in [2.24, 2.45) is 0 Å². The lowest BCUT2D eigenvalue weighted by atomic mass is 9.96. The maximum Gasteiger partial charge on any atom is 0.125 e. The Morgan fingerprint density at radius 2 is 2.05 bits per heavy atom. The standard InChI is InChI=1S/C15H17ClN2O/c1-10-6-7-18-9-13(10)15(17-2)12-5-4-11(16)8-14(12)19-3/h4-9,15,17H,1-3H3. The maximum atomic E-state index is 6.01. The van der Waals surface area contributed by atoms with E-state index in [1.165, 1.54) is 5.56 Å². The second kappa shape index (κ2) is 6.04. The van der Waals surface area contributed by atoms with Crippen molar-refractivity contribution in [2.45, 2.75) is 13.0 Å². The molecule has 1 atom stereocenters. The largest absolute Gasteiger partial charge is 0.496 e. The van der Waals surface area contributed by atoms with E-state index in [0.29, 0.717) is 5.02 Å². The second-order valence-corrected chi connectivity index (χ2v) is 4.78. The van der Waals surface area contributed by atoms with E-state index < -0.39 is 0 Å². The van der Waals surface area contributed by atoms with Gasteiger partial charge in [0.05, 0.1) is 13.2 Å². The molecule has 0 saturated heterocycles. The van der Waals surface area contributed by atoms with Crippen molar-refractivity contribution in [3.8, 4) is 5.75 Å². The fraction of sp³-hybridized carbons (Fsp3) is 0.267. The van der Waals surface area contributed by atoms with Crippen LogP contribution < -0.4 is 10.1 Å². The highest BCUT2D eigenvalue weighted by Crippen LogP contribution is 2.32. The van der Waals surface area contributed by atoms with E-state index >= 15 is 0 Å². The summed E-state index contributed by atoms with van der Waals surface area (Å²) in [4.78, 5) is 4.21. The van der Waals surface area contributed by atoms with Crippen LogP contribution in [0.25, 0.3) is 0 Å². The van der Waals surface area contributed by atoms with E-state index in [2.05, 4.69) is 17.2 Å². The van der Waals surface area contributed by atoms with Crippen LogP contribution in [0.1, 0.15) is 22.7 Å². The number of hydrogen-bond donors (Lipinski definition) is 1. The smallest absolute Gasteiger partial charge is 0.125 e. The van der Waals surface area contributed by atoms with Gasteiger partial charge in [0.15, 0.2) is 0 Å². The number of rotatable bonds is 4. The van der Waals surface area contributed by atoms with Gasteiger partial charge in [0.25, 0.3) is 0 Å². The molecule has 0 spiro atoms. The normalized spacial score (nSPS) is 12.2. The lowest BCUT2D eigenvalue weighted by Gasteiger charge is -2.21. The molecule has 0 aliphatic carbocycles. The van der Waals surface area contributed by atoms with Crippen LogP contribution in [0.4, 0.5) is 0 Å². The van der Waals surface area contributed by atoms with Crippen molar-refractivity contribution in [2.75, 3.05) is 14.2 Å². The van der Waals surface area contributed by atoms with Crippen molar-refractivity contribution in [1.29, 1.82) is 0 Å². The van der Waals surface area contributed by atoms with Gasteiger partial charge >= 0.3 is 0 Å². The van der Waals surface area contributed by atoms with Crippen molar-refractivity contribution >= 4 is 11.6 Å². The molecule has 4 heteroatoms. The summed E-state index contributed by atoms with van der Waals surface area (Å²) in [5, 5.41) is 3.97. The summed E-state index contributed by atoms with van der Waals surface area (Å²) in [6.07, 6.45) is 3.68. The first-order valence-electron chi connectivity index (χ1n) is 6.08. The quantitative estimate of drug-likeness (QED) is 0.930.